The van der Waals surface area contributed by atoms with E-state index in [0.717, 1.165) is 6.07 Å². The Kier molecular flexibility index (Phi) is 5.21. The molecule has 1 rings (SSSR count). The van der Waals surface area contributed by atoms with Gasteiger partial charge in [0.1, 0.15) is 0 Å². The highest BCUT2D eigenvalue weighted by Gasteiger charge is 2.23. The number of nitro groups is 1. The summed E-state index contributed by atoms with van der Waals surface area (Å²) in [5.74, 6) is 0. The van der Waals surface area contributed by atoms with Gasteiger partial charge in [0.15, 0.2) is 0 Å². The summed E-state index contributed by atoms with van der Waals surface area (Å²) in [6.07, 6.45) is 0.544. The number of hydrogen-bond acceptors (Lipinski definition) is 5. The van der Waals surface area contributed by atoms with E-state index in [0.29, 0.717) is 17.5 Å². The van der Waals surface area contributed by atoms with Crippen molar-refractivity contribution in [1.29, 1.82) is 0 Å². The highest BCUT2D eigenvalue weighted by Crippen LogP contribution is 2.25. The Morgan fingerprint density at radius 2 is 2.00 bits per heavy atom. The maximum Gasteiger partial charge on any atom is 0.273 e. The van der Waals surface area contributed by atoms with Crippen LogP contribution in [0, 0.1) is 24.0 Å². The first-order valence-corrected chi connectivity index (χ1v) is 7.69. The number of nitrogens with one attached hydrogen (secondary N) is 1. The number of aryl methyl sites for hydroxylation is 1. The first-order valence-electron chi connectivity index (χ1n) is 6.21. The quantitative estimate of drug-likeness (QED) is 0.605. The smallest absolute Gasteiger partial charge is 0.273 e. The van der Waals surface area contributed by atoms with Crippen LogP contribution in [0.3, 0.4) is 0 Å². The largest absolute Gasteiger partial charge is 0.329 e. The monoisotopic (exact) mass is 301 g/mol. The molecule has 0 amide bonds. The standard InChI is InChI=1S/C12H19N3O4S/c1-4-10(7-13)14-20(18,19)11-5-8(2)9(3)12(6-11)15(16)17/h5-6,10,14H,4,7,13H2,1-3H3. The van der Waals surface area contributed by atoms with Gasteiger partial charge in [0.25, 0.3) is 5.69 Å². The van der Waals surface area contributed by atoms with Gasteiger partial charge in [-0.05, 0) is 31.9 Å². The number of hydrogen-bond donors (Lipinski definition) is 2. The van der Waals surface area contributed by atoms with Crippen LogP contribution in [0.4, 0.5) is 5.69 Å². The van der Waals surface area contributed by atoms with Gasteiger partial charge in [0.05, 0.1) is 9.82 Å². The van der Waals surface area contributed by atoms with Crippen LogP contribution in [0.1, 0.15) is 24.5 Å². The third kappa shape index (κ3) is 3.53. The summed E-state index contributed by atoms with van der Waals surface area (Å²) in [6, 6.07) is 2.11. The van der Waals surface area contributed by atoms with Gasteiger partial charge < -0.3 is 5.73 Å². The third-order valence-electron chi connectivity index (χ3n) is 3.22. The lowest BCUT2D eigenvalue weighted by molar-refractivity contribution is -0.385. The number of nitrogens with zero attached hydrogens (tertiary/aromatic N) is 1. The summed E-state index contributed by atoms with van der Waals surface area (Å²) in [4.78, 5) is 10.3. The topological polar surface area (TPSA) is 115 Å². The van der Waals surface area contributed by atoms with Crippen LogP contribution in [-0.4, -0.2) is 25.9 Å². The molecule has 7 nitrogen and oxygen atoms in total. The molecule has 0 aliphatic heterocycles. The van der Waals surface area contributed by atoms with Crippen molar-refractivity contribution < 1.29 is 13.3 Å². The van der Waals surface area contributed by atoms with Crippen LogP contribution in [0.2, 0.25) is 0 Å². The van der Waals surface area contributed by atoms with E-state index in [-0.39, 0.29) is 23.2 Å². The normalized spacial score (nSPS) is 13.2. The minimum Gasteiger partial charge on any atom is -0.329 e. The Morgan fingerprint density at radius 3 is 2.45 bits per heavy atom. The highest BCUT2D eigenvalue weighted by molar-refractivity contribution is 7.89. The van der Waals surface area contributed by atoms with E-state index in [9.17, 15) is 18.5 Å². The molecule has 0 bridgehead atoms. The summed E-state index contributed by atoms with van der Waals surface area (Å²) >= 11 is 0. The van der Waals surface area contributed by atoms with Crippen LogP contribution in [0.15, 0.2) is 17.0 Å². The maximum atomic E-state index is 12.2. The predicted octanol–water partition coefficient (Wildman–Crippen LogP) is 1.23. The van der Waals surface area contributed by atoms with E-state index >= 15 is 0 Å². The first kappa shape index (κ1) is 16.5. The second-order valence-electron chi connectivity index (χ2n) is 4.60. The molecule has 3 N–H and O–H groups in total. The van der Waals surface area contributed by atoms with Gasteiger partial charge in [0.2, 0.25) is 10.0 Å². The summed E-state index contributed by atoms with van der Waals surface area (Å²) in [5, 5.41) is 11.0. The summed E-state index contributed by atoms with van der Waals surface area (Å²) in [6.45, 7) is 5.21. The zero-order valence-electron chi connectivity index (χ0n) is 11.7. The molecule has 112 valence electrons. The van der Waals surface area contributed by atoms with E-state index in [2.05, 4.69) is 4.72 Å². The molecule has 0 fully saturated rings. The molecule has 8 heteroatoms. The molecule has 0 radical (unpaired) electrons. The molecule has 1 aromatic carbocycles. The number of rotatable bonds is 6. The number of nitrogens with two attached hydrogens (primary N) is 1. The third-order valence-corrected chi connectivity index (χ3v) is 4.72. The van der Waals surface area contributed by atoms with Crippen molar-refractivity contribution in [3.63, 3.8) is 0 Å². The molecular weight excluding hydrogens is 282 g/mol. The SMILES string of the molecule is CCC(CN)NS(=O)(=O)c1cc(C)c(C)c([N+](=O)[O-])c1. The van der Waals surface area contributed by atoms with Gasteiger partial charge in [-0.3, -0.25) is 10.1 Å². The lowest BCUT2D eigenvalue weighted by Crippen LogP contribution is -2.39. The van der Waals surface area contributed by atoms with Crippen molar-refractivity contribution in [3.05, 3.63) is 33.4 Å². The minimum atomic E-state index is -3.81. The summed E-state index contributed by atoms with van der Waals surface area (Å²) < 4.78 is 26.9. The molecule has 0 spiro atoms. The fraction of sp³-hybridized carbons (Fsp3) is 0.500. The van der Waals surface area contributed by atoms with Crippen molar-refractivity contribution in [2.24, 2.45) is 5.73 Å². The lowest BCUT2D eigenvalue weighted by Gasteiger charge is -2.15. The molecule has 0 heterocycles. The van der Waals surface area contributed by atoms with E-state index in [1.165, 1.54) is 6.07 Å². The van der Waals surface area contributed by atoms with Crippen LogP contribution >= 0.6 is 0 Å². The molecule has 1 atom stereocenters. The average molecular weight is 301 g/mol. The van der Waals surface area contributed by atoms with E-state index < -0.39 is 14.9 Å². The van der Waals surface area contributed by atoms with Crippen molar-refractivity contribution in [3.8, 4) is 0 Å². The number of nitro benzene ring substituents is 1. The molecule has 20 heavy (non-hydrogen) atoms. The second kappa shape index (κ2) is 6.29. The van der Waals surface area contributed by atoms with Crippen LogP contribution in [0.25, 0.3) is 0 Å². The van der Waals surface area contributed by atoms with Gasteiger partial charge in [-0.1, -0.05) is 6.92 Å². The van der Waals surface area contributed by atoms with Crippen LogP contribution < -0.4 is 10.5 Å². The fourth-order valence-electron chi connectivity index (χ4n) is 1.74. The van der Waals surface area contributed by atoms with Crippen molar-refractivity contribution >= 4 is 15.7 Å². The Labute approximate surface area is 118 Å². The van der Waals surface area contributed by atoms with Crippen molar-refractivity contribution in [2.75, 3.05) is 6.54 Å². The fourth-order valence-corrected chi connectivity index (χ4v) is 3.18. The van der Waals surface area contributed by atoms with Crippen LogP contribution in [0.5, 0.6) is 0 Å². The van der Waals surface area contributed by atoms with Gasteiger partial charge in [0, 0.05) is 24.2 Å². The van der Waals surface area contributed by atoms with E-state index in [4.69, 9.17) is 5.73 Å². The molecule has 1 aromatic rings. The molecule has 1 unspecified atom stereocenters. The molecule has 0 saturated carbocycles. The zero-order chi connectivity index (χ0) is 15.5. The minimum absolute atomic E-state index is 0.112. The van der Waals surface area contributed by atoms with Gasteiger partial charge in [-0.15, -0.1) is 0 Å². The second-order valence-corrected chi connectivity index (χ2v) is 6.32. The maximum absolute atomic E-state index is 12.2. The molecular formula is C12H19N3O4S. The predicted molar refractivity (Wildman–Crippen MR) is 76.0 cm³/mol. The Morgan fingerprint density at radius 1 is 1.40 bits per heavy atom. The molecule has 0 aromatic heterocycles. The van der Waals surface area contributed by atoms with Crippen molar-refractivity contribution in [1.82, 2.24) is 4.72 Å². The Hall–Kier alpha value is -1.51. The van der Waals surface area contributed by atoms with E-state index in [1.807, 2.05) is 6.92 Å². The molecule has 0 aliphatic carbocycles. The lowest BCUT2D eigenvalue weighted by atomic mass is 10.1. The van der Waals surface area contributed by atoms with Crippen LogP contribution in [-0.2, 0) is 10.0 Å². The average Bonchev–Trinajstić information content (AvgIpc) is 2.38. The Balaban J connectivity index is 3.29. The summed E-state index contributed by atoms with van der Waals surface area (Å²) in [7, 11) is -3.81. The van der Waals surface area contributed by atoms with Gasteiger partial charge in [-0.2, -0.15) is 0 Å². The zero-order valence-corrected chi connectivity index (χ0v) is 12.5. The molecule has 0 saturated heterocycles. The number of benzene rings is 1. The van der Waals surface area contributed by atoms with Gasteiger partial charge in [-0.25, -0.2) is 13.1 Å². The van der Waals surface area contributed by atoms with Gasteiger partial charge >= 0.3 is 0 Å². The molecule has 0 aliphatic rings. The first-order chi connectivity index (χ1) is 9.22. The highest BCUT2D eigenvalue weighted by atomic mass is 32.2. The summed E-state index contributed by atoms with van der Waals surface area (Å²) in [5.41, 5.74) is 6.28. The van der Waals surface area contributed by atoms with Crippen molar-refractivity contribution in [2.45, 2.75) is 38.1 Å². The number of sulfonamides is 1. The van der Waals surface area contributed by atoms with E-state index in [1.54, 1.807) is 13.8 Å². The Bertz CT molecular complexity index is 609.